The van der Waals surface area contributed by atoms with Crippen LogP contribution >= 0.6 is 0 Å². The van der Waals surface area contributed by atoms with Crippen molar-refractivity contribution >= 4 is 12.0 Å². The summed E-state index contributed by atoms with van der Waals surface area (Å²) in [5, 5.41) is 2.76. The smallest absolute Gasteiger partial charge is 0.408 e. The predicted octanol–water partition coefficient (Wildman–Crippen LogP) is 2.16. The number of pyridine rings is 1. The van der Waals surface area contributed by atoms with Crippen molar-refractivity contribution in [1.29, 1.82) is 0 Å². The molecule has 110 valence electrons. The Morgan fingerprint density at radius 2 is 2.10 bits per heavy atom. The third kappa shape index (κ3) is 4.87. The van der Waals surface area contributed by atoms with Gasteiger partial charge in [0.1, 0.15) is 11.3 Å². The predicted molar refractivity (Wildman–Crippen MR) is 75.2 cm³/mol. The van der Waals surface area contributed by atoms with Crippen LogP contribution in [0.25, 0.3) is 0 Å². The minimum atomic E-state index is -0.598. The average molecular weight is 279 g/mol. The van der Waals surface area contributed by atoms with Crippen LogP contribution in [0, 0.1) is 0 Å². The van der Waals surface area contributed by atoms with Crippen molar-refractivity contribution in [2.24, 2.45) is 5.73 Å². The molecule has 0 aromatic carbocycles. The van der Waals surface area contributed by atoms with Crippen LogP contribution in [0.1, 0.15) is 56.2 Å². The monoisotopic (exact) mass is 279 g/mol. The van der Waals surface area contributed by atoms with Gasteiger partial charge in [-0.2, -0.15) is 0 Å². The van der Waals surface area contributed by atoms with Crippen LogP contribution in [0.5, 0.6) is 0 Å². The van der Waals surface area contributed by atoms with Crippen LogP contribution in [0.2, 0.25) is 0 Å². The number of primary amides is 1. The molecule has 1 unspecified atom stereocenters. The Morgan fingerprint density at radius 1 is 1.45 bits per heavy atom. The summed E-state index contributed by atoms with van der Waals surface area (Å²) in [6.45, 7) is 7.31. The maximum atomic E-state index is 11.8. The number of nitrogens with two attached hydrogens (primary N) is 1. The number of nitrogens with one attached hydrogen (secondary N) is 1. The quantitative estimate of drug-likeness (QED) is 0.883. The molecular weight excluding hydrogens is 258 g/mol. The molecule has 0 spiro atoms. The lowest BCUT2D eigenvalue weighted by atomic mass is 10.1. The van der Waals surface area contributed by atoms with E-state index in [-0.39, 0.29) is 11.7 Å². The number of alkyl carbamates (subject to hydrolysis) is 1. The van der Waals surface area contributed by atoms with Gasteiger partial charge >= 0.3 is 6.09 Å². The first-order chi connectivity index (χ1) is 9.23. The number of carbonyl (C=O) groups is 2. The summed E-state index contributed by atoms with van der Waals surface area (Å²) in [5.74, 6) is -0.598. The molecule has 0 radical (unpaired) electrons. The molecule has 20 heavy (non-hydrogen) atoms. The number of aromatic nitrogens is 1. The fourth-order valence-electron chi connectivity index (χ4n) is 1.67. The molecule has 3 N–H and O–H groups in total. The molecule has 1 heterocycles. The second-order valence-electron chi connectivity index (χ2n) is 5.45. The zero-order valence-electron chi connectivity index (χ0n) is 12.3. The minimum absolute atomic E-state index is 0.173. The Balaban J connectivity index is 2.83. The van der Waals surface area contributed by atoms with E-state index in [1.54, 1.807) is 32.9 Å². The van der Waals surface area contributed by atoms with Crippen molar-refractivity contribution in [3.63, 3.8) is 0 Å². The van der Waals surface area contributed by atoms with Crippen molar-refractivity contribution in [2.45, 2.75) is 45.8 Å². The van der Waals surface area contributed by atoms with Gasteiger partial charge in [0.05, 0.1) is 6.04 Å². The van der Waals surface area contributed by atoms with E-state index in [0.29, 0.717) is 6.42 Å². The van der Waals surface area contributed by atoms with Gasteiger partial charge in [-0.15, -0.1) is 0 Å². The Bertz CT molecular complexity index is 495. The molecule has 0 aliphatic heterocycles. The first-order valence-corrected chi connectivity index (χ1v) is 6.48. The molecule has 6 nitrogen and oxygen atoms in total. The molecule has 0 bridgehead atoms. The maximum absolute atomic E-state index is 11.8. The van der Waals surface area contributed by atoms with Gasteiger partial charge in [0.15, 0.2) is 0 Å². The fraction of sp³-hybridized carbons (Fsp3) is 0.500. The van der Waals surface area contributed by atoms with Crippen LogP contribution in [0.3, 0.4) is 0 Å². The van der Waals surface area contributed by atoms with Crippen molar-refractivity contribution in [2.75, 3.05) is 0 Å². The summed E-state index contributed by atoms with van der Waals surface area (Å²) >= 11 is 0. The first kappa shape index (κ1) is 15.9. The van der Waals surface area contributed by atoms with Gasteiger partial charge in [-0.25, -0.2) is 4.79 Å². The highest BCUT2D eigenvalue weighted by atomic mass is 16.6. The number of rotatable bonds is 4. The molecule has 1 aromatic rings. The Hall–Kier alpha value is -2.11. The summed E-state index contributed by atoms with van der Waals surface area (Å²) < 4.78 is 5.21. The van der Waals surface area contributed by atoms with E-state index in [4.69, 9.17) is 10.5 Å². The number of hydrogen-bond acceptors (Lipinski definition) is 4. The standard InChI is InChI=1S/C14H21N3O3/c1-5-10(17-13(19)20-14(2,3)4)9-6-7-16-11(8-9)12(15)18/h6-8,10H,5H2,1-4H3,(H2,15,18)(H,17,19). The second kappa shape index (κ2) is 6.36. The molecule has 0 saturated heterocycles. The third-order valence-electron chi connectivity index (χ3n) is 2.54. The van der Waals surface area contributed by atoms with Gasteiger partial charge in [0, 0.05) is 6.20 Å². The summed E-state index contributed by atoms with van der Waals surface area (Å²) in [5.41, 5.74) is 5.58. The first-order valence-electron chi connectivity index (χ1n) is 6.48. The lowest BCUT2D eigenvalue weighted by Gasteiger charge is -2.23. The van der Waals surface area contributed by atoms with E-state index in [9.17, 15) is 9.59 Å². The molecule has 1 aromatic heterocycles. The van der Waals surface area contributed by atoms with Crippen LogP contribution < -0.4 is 11.1 Å². The normalized spacial score (nSPS) is 12.6. The zero-order chi connectivity index (χ0) is 15.3. The SMILES string of the molecule is CCC(NC(=O)OC(C)(C)C)c1ccnc(C(N)=O)c1. The zero-order valence-corrected chi connectivity index (χ0v) is 12.3. The van der Waals surface area contributed by atoms with Crippen LogP contribution in [0.4, 0.5) is 4.79 Å². The van der Waals surface area contributed by atoms with Crippen LogP contribution in [0.15, 0.2) is 18.3 Å². The number of nitrogens with zero attached hydrogens (tertiary/aromatic N) is 1. The van der Waals surface area contributed by atoms with E-state index >= 15 is 0 Å². The van der Waals surface area contributed by atoms with Gasteiger partial charge in [-0.1, -0.05) is 6.92 Å². The molecular formula is C14H21N3O3. The van der Waals surface area contributed by atoms with Crippen molar-refractivity contribution < 1.29 is 14.3 Å². The van der Waals surface area contributed by atoms with E-state index in [2.05, 4.69) is 10.3 Å². The maximum Gasteiger partial charge on any atom is 0.408 e. The highest BCUT2D eigenvalue weighted by Crippen LogP contribution is 2.18. The molecule has 2 amide bonds. The van der Waals surface area contributed by atoms with Gasteiger partial charge in [0.25, 0.3) is 5.91 Å². The topological polar surface area (TPSA) is 94.3 Å². The molecule has 0 fully saturated rings. The minimum Gasteiger partial charge on any atom is -0.444 e. The lowest BCUT2D eigenvalue weighted by Crippen LogP contribution is -2.34. The number of amides is 2. The van der Waals surface area contributed by atoms with Crippen LogP contribution in [-0.4, -0.2) is 22.6 Å². The highest BCUT2D eigenvalue weighted by Gasteiger charge is 2.20. The summed E-state index contributed by atoms with van der Waals surface area (Å²) in [6, 6.07) is 3.05. The number of hydrogen-bond donors (Lipinski definition) is 2. The molecule has 0 aliphatic carbocycles. The Morgan fingerprint density at radius 3 is 2.60 bits per heavy atom. The summed E-state index contributed by atoms with van der Waals surface area (Å²) in [6.07, 6.45) is 1.65. The Kier molecular flexibility index (Phi) is 5.07. The van der Waals surface area contributed by atoms with Crippen molar-refractivity contribution in [3.8, 4) is 0 Å². The van der Waals surface area contributed by atoms with Gasteiger partial charge < -0.3 is 15.8 Å². The average Bonchev–Trinajstić information content (AvgIpc) is 2.34. The van der Waals surface area contributed by atoms with E-state index in [1.165, 1.54) is 6.20 Å². The van der Waals surface area contributed by atoms with E-state index < -0.39 is 17.6 Å². The highest BCUT2D eigenvalue weighted by molar-refractivity contribution is 5.90. The molecule has 6 heteroatoms. The van der Waals surface area contributed by atoms with Gasteiger partial charge in [-0.3, -0.25) is 9.78 Å². The van der Waals surface area contributed by atoms with Crippen LogP contribution in [-0.2, 0) is 4.74 Å². The molecule has 0 saturated carbocycles. The van der Waals surface area contributed by atoms with E-state index in [0.717, 1.165) is 5.56 Å². The molecule has 1 atom stereocenters. The largest absolute Gasteiger partial charge is 0.444 e. The Labute approximate surface area is 118 Å². The van der Waals surface area contributed by atoms with Crippen molar-refractivity contribution in [3.05, 3.63) is 29.6 Å². The fourth-order valence-corrected chi connectivity index (χ4v) is 1.67. The number of ether oxygens (including phenoxy) is 1. The third-order valence-corrected chi connectivity index (χ3v) is 2.54. The molecule has 0 aliphatic rings. The summed E-state index contributed by atoms with van der Waals surface area (Å²) in [4.78, 5) is 26.8. The number of carbonyl (C=O) groups excluding carboxylic acids is 2. The van der Waals surface area contributed by atoms with Gasteiger partial charge in [-0.05, 0) is 44.9 Å². The molecule has 1 rings (SSSR count). The van der Waals surface area contributed by atoms with Gasteiger partial charge in [0.2, 0.25) is 0 Å². The second-order valence-corrected chi connectivity index (χ2v) is 5.45. The summed E-state index contributed by atoms with van der Waals surface area (Å²) in [7, 11) is 0. The van der Waals surface area contributed by atoms with Crippen molar-refractivity contribution in [1.82, 2.24) is 10.3 Å². The van der Waals surface area contributed by atoms with E-state index in [1.807, 2.05) is 6.92 Å². The lowest BCUT2D eigenvalue weighted by molar-refractivity contribution is 0.0502.